The fraction of sp³-hybridized carbons (Fsp3) is 0.417. The molecule has 0 spiro atoms. The van der Waals surface area contributed by atoms with Gasteiger partial charge in [-0.2, -0.15) is 0 Å². The van der Waals surface area contributed by atoms with E-state index >= 15 is 0 Å². The highest BCUT2D eigenvalue weighted by molar-refractivity contribution is 6.34. The normalized spacial score (nSPS) is 10.7. The highest BCUT2D eigenvalue weighted by Gasteiger charge is 2.22. The quantitative estimate of drug-likeness (QED) is 0.638. The van der Waals surface area contributed by atoms with Gasteiger partial charge in [0, 0.05) is 32.3 Å². The van der Waals surface area contributed by atoms with E-state index in [-0.39, 0.29) is 22.0 Å². The predicted molar refractivity (Wildman–Crippen MR) is 76.9 cm³/mol. The number of aromatic carboxylic acids is 1. The molecule has 0 aliphatic heterocycles. The first-order valence-corrected chi connectivity index (χ1v) is 6.19. The Morgan fingerprint density at radius 3 is 2.40 bits per heavy atom. The van der Waals surface area contributed by atoms with Gasteiger partial charge in [0.2, 0.25) is 0 Å². The lowest BCUT2D eigenvalue weighted by molar-refractivity contribution is -0.384. The fourth-order valence-corrected chi connectivity index (χ4v) is 2.06. The number of hydrogen-bond donors (Lipinski definition) is 1. The topological polar surface area (TPSA) is 86.9 Å². The average molecular weight is 302 g/mol. The van der Waals surface area contributed by atoms with Crippen LogP contribution in [0.15, 0.2) is 12.1 Å². The molecule has 0 aliphatic carbocycles. The number of nitrogens with zero attached hydrogens (tertiary/aromatic N) is 3. The van der Waals surface area contributed by atoms with Crippen molar-refractivity contribution in [3.05, 3.63) is 32.8 Å². The number of nitro groups is 1. The first-order valence-electron chi connectivity index (χ1n) is 5.81. The van der Waals surface area contributed by atoms with Crippen LogP contribution >= 0.6 is 11.6 Å². The Kier molecular flexibility index (Phi) is 5.29. The fourth-order valence-electron chi connectivity index (χ4n) is 1.70. The van der Waals surface area contributed by atoms with Crippen molar-refractivity contribution < 1.29 is 14.8 Å². The molecule has 0 unspecified atom stereocenters. The van der Waals surface area contributed by atoms with Gasteiger partial charge in [-0.3, -0.25) is 10.1 Å². The molecule has 0 fully saturated rings. The minimum atomic E-state index is -1.25. The Hall–Kier alpha value is -1.86. The zero-order chi connectivity index (χ0) is 15.4. The molecule has 0 saturated carbocycles. The van der Waals surface area contributed by atoms with Crippen LogP contribution in [0.1, 0.15) is 10.4 Å². The molecule has 110 valence electrons. The van der Waals surface area contributed by atoms with E-state index in [0.717, 1.165) is 12.1 Å². The predicted octanol–water partition coefficient (Wildman–Crippen LogP) is 1.94. The second-order valence-corrected chi connectivity index (χ2v) is 5.02. The molecule has 0 aliphatic rings. The van der Waals surface area contributed by atoms with Crippen molar-refractivity contribution in [1.29, 1.82) is 0 Å². The smallest absolute Gasteiger partial charge is 0.338 e. The Labute approximate surface area is 121 Å². The Morgan fingerprint density at radius 2 is 1.95 bits per heavy atom. The number of carbonyl (C=O) groups is 1. The summed E-state index contributed by atoms with van der Waals surface area (Å²) < 4.78 is 0. The van der Waals surface area contributed by atoms with Crippen molar-refractivity contribution in [3.63, 3.8) is 0 Å². The SMILES string of the molecule is CN(C)CCN(C)c1c(Cl)cc([N+](=O)[O-])cc1C(=O)O. The van der Waals surface area contributed by atoms with Crippen molar-refractivity contribution >= 4 is 28.9 Å². The maximum Gasteiger partial charge on any atom is 0.338 e. The maximum absolute atomic E-state index is 11.3. The third-order valence-electron chi connectivity index (χ3n) is 2.75. The molecule has 0 bridgehead atoms. The van der Waals surface area contributed by atoms with Crippen molar-refractivity contribution in [3.8, 4) is 0 Å². The first kappa shape index (κ1) is 16.2. The van der Waals surface area contributed by atoms with Gasteiger partial charge in [0.1, 0.15) is 0 Å². The molecule has 1 aromatic rings. The third-order valence-corrected chi connectivity index (χ3v) is 3.04. The molecule has 1 aromatic carbocycles. The van der Waals surface area contributed by atoms with E-state index in [0.29, 0.717) is 13.1 Å². The van der Waals surface area contributed by atoms with Crippen molar-refractivity contribution in [2.24, 2.45) is 0 Å². The highest BCUT2D eigenvalue weighted by atomic mass is 35.5. The van der Waals surface area contributed by atoms with E-state index in [1.54, 1.807) is 11.9 Å². The van der Waals surface area contributed by atoms with Crippen LogP contribution in [0.5, 0.6) is 0 Å². The molecule has 0 atom stereocenters. The van der Waals surface area contributed by atoms with Gasteiger partial charge in [0.05, 0.1) is 21.2 Å². The van der Waals surface area contributed by atoms with Crippen LogP contribution in [-0.2, 0) is 0 Å². The molecular formula is C12H16ClN3O4. The van der Waals surface area contributed by atoms with Crippen molar-refractivity contribution in [2.75, 3.05) is 39.1 Å². The maximum atomic E-state index is 11.3. The number of carboxylic acid groups (broad SMARTS) is 1. The molecule has 20 heavy (non-hydrogen) atoms. The molecule has 1 N–H and O–H groups in total. The number of likely N-dealkylation sites (N-methyl/N-ethyl adjacent to an activating group) is 2. The summed E-state index contributed by atoms with van der Waals surface area (Å²) in [5, 5.41) is 20.0. The Morgan fingerprint density at radius 1 is 1.35 bits per heavy atom. The molecular weight excluding hydrogens is 286 g/mol. The molecule has 0 amide bonds. The summed E-state index contributed by atoms with van der Waals surface area (Å²) in [4.78, 5) is 25.0. The summed E-state index contributed by atoms with van der Waals surface area (Å²) in [5.74, 6) is -1.25. The van der Waals surface area contributed by atoms with Crippen LogP contribution in [0.4, 0.5) is 11.4 Å². The zero-order valence-electron chi connectivity index (χ0n) is 11.5. The van der Waals surface area contributed by atoms with Gasteiger partial charge in [-0.05, 0) is 14.1 Å². The molecule has 0 heterocycles. The van der Waals surface area contributed by atoms with Gasteiger partial charge >= 0.3 is 5.97 Å². The van der Waals surface area contributed by atoms with Gasteiger partial charge in [-0.15, -0.1) is 0 Å². The highest BCUT2D eigenvalue weighted by Crippen LogP contribution is 2.33. The van der Waals surface area contributed by atoms with Crippen LogP contribution in [0.2, 0.25) is 5.02 Å². The monoisotopic (exact) mass is 301 g/mol. The number of nitro benzene ring substituents is 1. The Balaban J connectivity index is 3.23. The lowest BCUT2D eigenvalue weighted by Gasteiger charge is -2.24. The van der Waals surface area contributed by atoms with E-state index in [1.807, 2.05) is 19.0 Å². The van der Waals surface area contributed by atoms with Gasteiger partial charge in [0.15, 0.2) is 0 Å². The molecule has 1 rings (SSSR count). The number of non-ortho nitro benzene ring substituents is 1. The number of halogens is 1. The molecule has 0 radical (unpaired) electrons. The summed E-state index contributed by atoms with van der Waals surface area (Å²) in [5.41, 5.74) is -0.228. The van der Waals surface area contributed by atoms with Crippen LogP contribution in [0, 0.1) is 10.1 Å². The largest absolute Gasteiger partial charge is 0.478 e. The van der Waals surface area contributed by atoms with E-state index in [4.69, 9.17) is 11.6 Å². The van der Waals surface area contributed by atoms with Crippen molar-refractivity contribution in [2.45, 2.75) is 0 Å². The lowest BCUT2D eigenvalue weighted by Crippen LogP contribution is -2.29. The van der Waals surface area contributed by atoms with Crippen LogP contribution in [0.25, 0.3) is 0 Å². The molecule has 0 aromatic heterocycles. The summed E-state index contributed by atoms with van der Waals surface area (Å²) in [6.45, 7) is 1.24. The summed E-state index contributed by atoms with van der Waals surface area (Å²) in [6.07, 6.45) is 0. The number of anilines is 1. The minimum absolute atomic E-state index is 0.0536. The van der Waals surface area contributed by atoms with E-state index < -0.39 is 10.9 Å². The van der Waals surface area contributed by atoms with E-state index in [1.165, 1.54) is 0 Å². The van der Waals surface area contributed by atoms with Gasteiger partial charge in [-0.1, -0.05) is 11.6 Å². The number of benzene rings is 1. The van der Waals surface area contributed by atoms with Crippen LogP contribution < -0.4 is 4.90 Å². The molecule has 8 heteroatoms. The van der Waals surface area contributed by atoms with Gasteiger partial charge in [-0.25, -0.2) is 4.79 Å². The van der Waals surface area contributed by atoms with E-state index in [2.05, 4.69) is 0 Å². The Bertz CT molecular complexity index is 534. The second kappa shape index (κ2) is 6.53. The van der Waals surface area contributed by atoms with Crippen LogP contribution in [0.3, 0.4) is 0 Å². The first-order chi connectivity index (χ1) is 9.23. The zero-order valence-corrected chi connectivity index (χ0v) is 12.2. The number of rotatable bonds is 6. The number of carboxylic acids is 1. The van der Waals surface area contributed by atoms with Crippen molar-refractivity contribution in [1.82, 2.24) is 4.90 Å². The lowest BCUT2D eigenvalue weighted by atomic mass is 10.1. The third kappa shape index (κ3) is 3.82. The summed E-state index contributed by atoms with van der Waals surface area (Å²) in [7, 11) is 5.48. The number of hydrogen-bond acceptors (Lipinski definition) is 5. The second-order valence-electron chi connectivity index (χ2n) is 4.61. The molecule has 7 nitrogen and oxygen atoms in total. The standard InChI is InChI=1S/C12H16ClN3O4/c1-14(2)4-5-15(3)11-9(12(17)18)6-8(16(19)20)7-10(11)13/h6-7H,4-5H2,1-3H3,(H,17,18). The summed E-state index contributed by atoms with van der Waals surface area (Å²) in [6, 6.07) is 2.19. The summed E-state index contributed by atoms with van der Waals surface area (Å²) >= 11 is 6.01. The van der Waals surface area contributed by atoms with Gasteiger partial charge in [0.25, 0.3) is 5.69 Å². The minimum Gasteiger partial charge on any atom is -0.478 e. The van der Waals surface area contributed by atoms with Crippen LogP contribution in [-0.4, -0.2) is 55.1 Å². The van der Waals surface area contributed by atoms with Gasteiger partial charge < -0.3 is 14.9 Å². The molecule has 0 saturated heterocycles. The van der Waals surface area contributed by atoms with E-state index in [9.17, 15) is 20.0 Å². The average Bonchev–Trinajstić information content (AvgIpc) is 2.34.